The first-order chi connectivity index (χ1) is 8.16. The third kappa shape index (κ3) is 2.81. The van der Waals surface area contributed by atoms with E-state index in [4.69, 9.17) is 4.74 Å². The van der Waals surface area contributed by atoms with Crippen molar-refractivity contribution < 1.29 is 9.13 Å². The molecule has 0 aliphatic carbocycles. The van der Waals surface area contributed by atoms with Crippen LogP contribution in [0.4, 0.5) is 4.39 Å². The lowest BCUT2D eigenvalue weighted by atomic mass is 10.1. The molecule has 2 rings (SSSR count). The number of rotatable bonds is 3. The van der Waals surface area contributed by atoms with Crippen LogP contribution in [0.2, 0.25) is 0 Å². The van der Waals surface area contributed by atoms with E-state index in [1.165, 1.54) is 18.3 Å². The van der Waals surface area contributed by atoms with Gasteiger partial charge in [0.15, 0.2) is 0 Å². The number of nitrogens with zero attached hydrogens (tertiary/aromatic N) is 1. The summed E-state index contributed by atoms with van der Waals surface area (Å²) < 4.78 is 18.8. The number of hydrogen-bond acceptors (Lipinski definition) is 2. The van der Waals surface area contributed by atoms with Crippen molar-refractivity contribution in [2.24, 2.45) is 0 Å². The second-order valence-electron chi connectivity index (χ2n) is 4.02. The summed E-state index contributed by atoms with van der Waals surface area (Å²) in [5.41, 5.74) is 1.39. The van der Waals surface area contributed by atoms with Crippen LogP contribution in [0.5, 0.6) is 5.75 Å². The van der Waals surface area contributed by atoms with Crippen molar-refractivity contribution >= 4 is 0 Å². The van der Waals surface area contributed by atoms with Crippen LogP contribution in [0.1, 0.15) is 13.8 Å². The second-order valence-corrected chi connectivity index (χ2v) is 4.02. The molecule has 2 nitrogen and oxygen atoms in total. The third-order valence-corrected chi connectivity index (χ3v) is 2.25. The van der Waals surface area contributed by atoms with Gasteiger partial charge in [-0.05, 0) is 32.0 Å². The summed E-state index contributed by atoms with van der Waals surface area (Å²) >= 11 is 0. The molecule has 88 valence electrons. The molecule has 1 heterocycles. The Morgan fingerprint density at radius 2 is 1.94 bits per heavy atom. The highest BCUT2D eigenvalue weighted by atomic mass is 19.1. The molecule has 0 radical (unpaired) electrons. The average molecular weight is 231 g/mol. The lowest BCUT2D eigenvalue weighted by molar-refractivity contribution is 0.243. The molecule has 0 aliphatic heterocycles. The summed E-state index contributed by atoms with van der Waals surface area (Å²) in [5, 5.41) is 0. The molecule has 0 saturated heterocycles. The summed E-state index contributed by atoms with van der Waals surface area (Å²) in [6.07, 6.45) is 1.53. The molecule has 0 aliphatic rings. The Balaban J connectivity index is 2.44. The Labute approximate surface area is 100 Å². The fourth-order valence-electron chi connectivity index (χ4n) is 1.59. The zero-order valence-electron chi connectivity index (χ0n) is 9.85. The summed E-state index contributed by atoms with van der Waals surface area (Å²) in [6, 6.07) is 10.2. The zero-order chi connectivity index (χ0) is 12.3. The van der Waals surface area contributed by atoms with E-state index in [2.05, 4.69) is 4.98 Å². The zero-order valence-corrected chi connectivity index (χ0v) is 9.85. The summed E-state index contributed by atoms with van der Waals surface area (Å²) in [7, 11) is 0. The Morgan fingerprint density at radius 3 is 2.65 bits per heavy atom. The van der Waals surface area contributed by atoms with Gasteiger partial charge in [0.2, 0.25) is 0 Å². The van der Waals surface area contributed by atoms with Gasteiger partial charge in [-0.15, -0.1) is 0 Å². The molecule has 0 fully saturated rings. The molecule has 2 aromatic rings. The van der Waals surface area contributed by atoms with Crippen molar-refractivity contribution in [3.05, 3.63) is 48.4 Å². The van der Waals surface area contributed by atoms with E-state index in [0.717, 1.165) is 11.3 Å². The number of ether oxygens (including phenoxy) is 1. The molecule has 0 bridgehead atoms. The van der Waals surface area contributed by atoms with Gasteiger partial charge in [-0.1, -0.05) is 12.1 Å². The van der Waals surface area contributed by atoms with Crippen molar-refractivity contribution in [2.45, 2.75) is 20.0 Å². The van der Waals surface area contributed by atoms with Crippen LogP contribution >= 0.6 is 0 Å². The van der Waals surface area contributed by atoms with E-state index >= 15 is 0 Å². The van der Waals surface area contributed by atoms with Crippen LogP contribution in [-0.4, -0.2) is 11.1 Å². The van der Waals surface area contributed by atoms with E-state index in [9.17, 15) is 4.39 Å². The predicted molar refractivity (Wildman–Crippen MR) is 65.4 cm³/mol. The van der Waals surface area contributed by atoms with Crippen LogP contribution in [-0.2, 0) is 0 Å². The van der Waals surface area contributed by atoms with Crippen molar-refractivity contribution in [1.29, 1.82) is 0 Å². The minimum Gasteiger partial charge on any atom is -0.490 e. The highest BCUT2D eigenvalue weighted by Crippen LogP contribution is 2.29. The third-order valence-electron chi connectivity index (χ3n) is 2.25. The van der Waals surface area contributed by atoms with Gasteiger partial charge < -0.3 is 4.74 Å². The molecule has 17 heavy (non-hydrogen) atoms. The van der Waals surface area contributed by atoms with Gasteiger partial charge in [0, 0.05) is 17.8 Å². The number of aromatic nitrogens is 1. The van der Waals surface area contributed by atoms with Crippen LogP contribution < -0.4 is 4.74 Å². The number of para-hydroxylation sites is 1. The van der Waals surface area contributed by atoms with Crippen molar-refractivity contribution in [3.63, 3.8) is 0 Å². The van der Waals surface area contributed by atoms with E-state index in [1.54, 1.807) is 0 Å². The number of hydrogen-bond donors (Lipinski definition) is 0. The lowest BCUT2D eigenvalue weighted by Crippen LogP contribution is -2.06. The highest BCUT2D eigenvalue weighted by Gasteiger charge is 2.08. The van der Waals surface area contributed by atoms with Crippen LogP contribution in [0.3, 0.4) is 0 Å². The molecule has 3 heteroatoms. The molecular weight excluding hydrogens is 217 g/mol. The predicted octanol–water partition coefficient (Wildman–Crippen LogP) is 3.67. The molecular formula is C14H14FNO. The van der Waals surface area contributed by atoms with E-state index in [1.807, 2.05) is 38.1 Å². The van der Waals surface area contributed by atoms with Gasteiger partial charge >= 0.3 is 0 Å². The lowest BCUT2D eigenvalue weighted by Gasteiger charge is -2.13. The van der Waals surface area contributed by atoms with Crippen molar-refractivity contribution in [1.82, 2.24) is 4.98 Å². The van der Waals surface area contributed by atoms with E-state index < -0.39 is 0 Å². The summed E-state index contributed by atoms with van der Waals surface area (Å²) in [5.74, 6) is 0.426. The fourth-order valence-corrected chi connectivity index (χ4v) is 1.59. The monoisotopic (exact) mass is 231 g/mol. The fraction of sp³-hybridized carbons (Fsp3) is 0.214. The second kappa shape index (κ2) is 4.95. The maximum Gasteiger partial charge on any atom is 0.129 e. The van der Waals surface area contributed by atoms with Crippen LogP contribution in [0, 0.1) is 5.82 Å². The van der Waals surface area contributed by atoms with Crippen molar-refractivity contribution in [2.75, 3.05) is 0 Å². The topological polar surface area (TPSA) is 22.1 Å². The largest absolute Gasteiger partial charge is 0.490 e. The van der Waals surface area contributed by atoms with Crippen LogP contribution in [0.15, 0.2) is 42.6 Å². The molecule has 0 amide bonds. The Bertz CT molecular complexity index is 511. The molecule has 0 spiro atoms. The Hall–Kier alpha value is -1.90. The number of benzene rings is 1. The van der Waals surface area contributed by atoms with Crippen molar-refractivity contribution in [3.8, 4) is 17.0 Å². The first kappa shape index (κ1) is 11.6. The van der Waals surface area contributed by atoms with Gasteiger partial charge in [0.1, 0.15) is 11.6 Å². The van der Waals surface area contributed by atoms with E-state index in [-0.39, 0.29) is 11.9 Å². The van der Waals surface area contributed by atoms with Gasteiger partial charge in [0.05, 0.1) is 11.8 Å². The standard InChI is InChI=1S/C14H14FNO/c1-10(2)17-14-6-4-3-5-12(14)13-9-11(15)7-8-16-13/h3-10H,1-2H3. The Morgan fingerprint density at radius 1 is 1.18 bits per heavy atom. The number of halogens is 1. The molecule has 0 saturated carbocycles. The molecule has 0 N–H and O–H groups in total. The van der Waals surface area contributed by atoms with Gasteiger partial charge in [-0.2, -0.15) is 0 Å². The van der Waals surface area contributed by atoms with Crippen LogP contribution in [0.25, 0.3) is 11.3 Å². The molecule has 0 unspecified atom stereocenters. The SMILES string of the molecule is CC(C)Oc1ccccc1-c1cc(F)ccn1. The minimum atomic E-state index is -0.297. The van der Waals surface area contributed by atoms with Gasteiger partial charge in [0.25, 0.3) is 0 Å². The summed E-state index contributed by atoms with van der Waals surface area (Å²) in [4.78, 5) is 4.16. The average Bonchev–Trinajstić information content (AvgIpc) is 2.29. The first-order valence-electron chi connectivity index (χ1n) is 5.54. The normalized spacial score (nSPS) is 10.6. The first-order valence-corrected chi connectivity index (χ1v) is 5.54. The van der Waals surface area contributed by atoms with Gasteiger partial charge in [-0.25, -0.2) is 4.39 Å². The molecule has 1 aromatic heterocycles. The quantitative estimate of drug-likeness (QED) is 0.804. The molecule has 1 aromatic carbocycles. The summed E-state index contributed by atoms with van der Waals surface area (Å²) in [6.45, 7) is 3.91. The maximum atomic E-state index is 13.2. The maximum absolute atomic E-state index is 13.2. The van der Waals surface area contributed by atoms with Gasteiger partial charge in [-0.3, -0.25) is 4.98 Å². The highest BCUT2D eigenvalue weighted by molar-refractivity contribution is 5.66. The minimum absolute atomic E-state index is 0.0738. The molecule has 0 atom stereocenters. The number of pyridine rings is 1. The smallest absolute Gasteiger partial charge is 0.129 e. The Kier molecular flexibility index (Phi) is 3.38. The van der Waals surface area contributed by atoms with E-state index in [0.29, 0.717) is 5.69 Å².